The largest absolute Gasteiger partial charge is 0.495 e. The molecule has 0 unspecified atom stereocenters. The zero-order valence-corrected chi connectivity index (χ0v) is 18.1. The van der Waals surface area contributed by atoms with Gasteiger partial charge in [-0.05, 0) is 49.7 Å². The number of benzene rings is 2. The molecule has 1 fully saturated rings. The lowest BCUT2D eigenvalue weighted by Crippen LogP contribution is -2.53. The Balaban J connectivity index is 1.58. The highest BCUT2D eigenvalue weighted by atomic mass is 32.2. The first-order valence-electron chi connectivity index (χ1n) is 9.82. The standard InChI is InChI=1S/C22H25N3O4S/c1-16-5-4-6-19(13-16)25-12-11-24(15-17(25)2)30(26,27)22-8-7-18(14-21(22)28-3)20-9-10-23-29-20/h4-10,13-14,17H,11-12,15H2,1-3H3/t17-/m1/s1. The van der Waals surface area contributed by atoms with Crippen molar-refractivity contribution >= 4 is 15.7 Å². The maximum absolute atomic E-state index is 13.4. The van der Waals surface area contributed by atoms with E-state index in [4.69, 9.17) is 9.26 Å². The highest BCUT2D eigenvalue weighted by Gasteiger charge is 2.34. The smallest absolute Gasteiger partial charge is 0.246 e. The first-order chi connectivity index (χ1) is 14.4. The molecule has 0 saturated carbocycles. The Morgan fingerprint density at radius 1 is 1.13 bits per heavy atom. The summed E-state index contributed by atoms with van der Waals surface area (Å²) in [5, 5.41) is 3.70. The van der Waals surface area contributed by atoms with Gasteiger partial charge in [-0.1, -0.05) is 17.3 Å². The van der Waals surface area contributed by atoms with Crippen molar-refractivity contribution in [2.24, 2.45) is 0 Å². The zero-order chi connectivity index (χ0) is 21.3. The third kappa shape index (κ3) is 3.80. The molecule has 158 valence electrons. The predicted octanol–water partition coefficient (Wildman–Crippen LogP) is 3.56. The van der Waals surface area contributed by atoms with Crippen molar-refractivity contribution in [2.75, 3.05) is 31.6 Å². The fourth-order valence-electron chi connectivity index (χ4n) is 3.87. The number of anilines is 1. The number of piperazine rings is 1. The van der Waals surface area contributed by atoms with Crippen LogP contribution >= 0.6 is 0 Å². The summed E-state index contributed by atoms with van der Waals surface area (Å²) < 4.78 is 38.9. The molecule has 0 amide bonds. The number of ether oxygens (including phenoxy) is 1. The molecule has 0 N–H and O–H groups in total. The third-order valence-electron chi connectivity index (χ3n) is 5.43. The molecular formula is C22H25N3O4S. The van der Waals surface area contributed by atoms with Crippen LogP contribution in [0.5, 0.6) is 5.75 Å². The van der Waals surface area contributed by atoms with Crippen LogP contribution in [0.25, 0.3) is 11.3 Å². The first-order valence-corrected chi connectivity index (χ1v) is 11.3. The van der Waals surface area contributed by atoms with Gasteiger partial charge in [0.1, 0.15) is 10.6 Å². The summed E-state index contributed by atoms with van der Waals surface area (Å²) in [5.41, 5.74) is 3.01. The average Bonchev–Trinajstić information content (AvgIpc) is 3.28. The number of hydrogen-bond donors (Lipinski definition) is 0. The Kier molecular flexibility index (Phi) is 5.53. The maximum atomic E-state index is 13.4. The summed E-state index contributed by atoms with van der Waals surface area (Å²) in [6.07, 6.45) is 1.54. The zero-order valence-electron chi connectivity index (χ0n) is 17.3. The van der Waals surface area contributed by atoms with E-state index < -0.39 is 10.0 Å². The SMILES string of the molecule is COc1cc(-c2ccno2)ccc1S(=O)(=O)N1CCN(c2cccc(C)c2)[C@H](C)C1. The number of nitrogens with zero attached hydrogens (tertiary/aromatic N) is 3. The molecule has 1 aliphatic heterocycles. The Morgan fingerprint density at radius 3 is 2.63 bits per heavy atom. The molecule has 1 saturated heterocycles. The number of aromatic nitrogens is 1. The predicted molar refractivity (Wildman–Crippen MR) is 115 cm³/mol. The van der Waals surface area contributed by atoms with Crippen molar-refractivity contribution in [3.05, 3.63) is 60.3 Å². The molecule has 3 aromatic rings. The van der Waals surface area contributed by atoms with Crippen LogP contribution in [0.3, 0.4) is 0 Å². The Labute approximate surface area is 176 Å². The van der Waals surface area contributed by atoms with E-state index in [0.717, 1.165) is 5.69 Å². The van der Waals surface area contributed by atoms with Crippen molar-refractivity contribution in [3.63, 3.8) is 0 Å². The van der Waals surface area contributed by atoms with Gasteiger partial charge in [0.05, 0.1) is 13.3 Å². The van der Waals surface area contributed by atoms with Gasteiger partial charge in [-0.3, -0.25) is 0 Å². The van der Waals surface area contributed by atoms with Gasteiger partial charge < -0.3 is 14.2 Å². The van der Waals surface area contributed by atoms with Gasteiger partial charge in [0.15, 0.2) is 5.76 Å². The summed E-state index contributed by atoms with van der Waals surface area (Å²) in [5.74, 6) is 0.843. The lowest BCUT2D eigenvalue weighted by atomic mass is 10.1. The molecule has 30 heavy (non-hydrogen) atoms. The molecule has 2 aromatic carbocycles. The molecule has 0 radical (unpaired) electrons. The van der Waals surface area contributed by atoms with E-state index in [2.05, 4.69) is 35.2 Å². The first kappa shape index (κ1) is 20.4. The van der Waals surface area contributed by atoms with Crippen molar-refractivity contribution in [1.82, 2.24) is 9.46 Å². The van der Waals surface area contributed by atoms with E-state index in [1.165, 1.54) is 17.0 Å². The number of aryl methyl sites for hydroxylation is 1. The van der Waals surface area contributed by atoms with E-state index in [9.17, 15) is 8.42 Å². The Bertz CT molecular complexity index is 1130. The van der Waals surface area contributed by atoms with Gasteiger partial charge in [-0.15, -0.1) is 0 Å². The van der Waals surface area contributed by atoms with Crippen LogP contribution in [0, 0.1) is 6.92 Å². The molecular weight excluding hydrogens is 402 g/mol. The fourth-order valence-corrected chi connectivity index (χ4v) is 5.52. The van der Waals surface area contributed by atoms with Crippen LogP contribution in [-0.2, 0) is 10.0 Å². The van der Waals surface area contributed by atoms with E-state index in [-0.39, 0.29) is 16.7 Å². The highest BCUT2D eigenvalue weighted by Crippen LogP contribution is 2.33. The average molecular weight is 428 g/mol. The molecule has 0 aliphatic carbocycles. The topological polar surface area (TPSA) is 75.9 Å². The van der Waals surface area contributed by atoms with Crippen LogP contribution in [-0.4, -0.2) is 50.7 Å². The van der Waals surface area contributed by atoms with Gasteiger partial charge in [-0.25, -0.2) is 8.42 Å². The second-order valence-electron chi connectivity index (χ2n) is 7.49. The minimum atomic E-state index is -3.70. The van der Waals surface area contributed by atoms with Crippen molar-refractivity contribution in [3.8, 4) is 17.1 Å². The quantitative estimate of drug-likeness (QED) is 0.620. The van der Waals surface area contributed by atoms with Crippen LogP contribution in [0.4, 0.5) is 5.69 Å². The third-order valence-corrected chi connectivity index (χ3v) is 7.33. The number of rotatable bonds is 5. The summed E-state index contributed by atoms with van der Waals surface area (Å²) in [7, 11) is -2.23. The van der Waals surface area contributed by atoms with E-state index in [0.29, 0.717) is 31.0 Å². The van der Waals surface area contributed by atoms with Gasteiger partial charge in [0.25, 0.3) is 0 Å². The Morgan fingerprint density at radius 2 is 1.97 bits per heavy atom. The van der Waals surface area contributed by atoms with Crippen LogP contribution in [0.2, 0.25) is 0 Å². The molecule has 1 atom stereocenters. The normalized spacial score (nSPS) is 17.8. The van der Waals surface area contributed by atoms with Crippen molar-refractivity contribution in [2.45, 2.75) is 24.8 Å². The van der Waals surface area contributed by atoms with Crippen LogP contribution in [0.1, 0.15) is 12.5 Å². The maximum Gasteiger partial charge on any atom is 0.246 e. The Hall–Kier alpha value is -2.84. The monoisotopic (exact) mass is 427 g/mol. The minimum absolute atomic E-state index is 0.0507. The fraction of sp³-hybridized carbons (Fsp3) is 0.318. The number of sulfonamides is 1. The number of hydrogen-bond acceptors (Lipinski definition) is 6. The lowest BCUT2D eigenvalue weighted by Gasteiger charge is -2.40. The van der Waals surface area contributed by atoms with Crippen LogP contribution in [0.15, 0.2) is 64.1 Å². The van der Waals surface area contributed by atoms with Crippen LogP contribution < -0.4 is 9.64 Å². The molecule has 0 bridgehead atoms. The molecule has 4 rings (SSSR count). The van der Waals surface area contributed by atoms with E-state index >= 15 is 0 Å². The summed E-state index contributed by atoms with van der Waals surface area (Å²) in [6, 6.07) is 15.0. The van der Waals surface area contributed by atoms with Gasteiger partial charge in [0, 0.05) is 43.0 Å². The van der Waals surface area contributed by atoms with Gasteiger partial charge in [0.2, 0.25) is 10.0 Å². The van der Waals surface area contributed by atoms with Gasteiger partial charge in [-0.2, -0.15) is 4.31 Å². The molecule has 8 heteroatoms. The highest BCUT2D eigenvalue weighted by molar-refractivity contribution is 7.89. The molecule has 0 spiro atoms. The summed E-state index contributed by atoms with van der Waals surface area (Å²) in [4.78, 5) is 2.41. The molecule has 1 aromatic heterocycles. The molecule has 2 heterocycles. The second-order valence-corrected chi connectivity index (χ2v) is 9.39. The van der Waals surface area contributed by atoms with Gasteiger partial charge >= 0.3 is 0 Å². The number of methoxy groups -OCH3 is 1. The minimum Gasteiger partial charge on any atom is -0.495 e. The van der Waals surface area contributed by atoms with Crippen molar-refractivity contribution < 1.29 is 17.7 Å². The molecule has 7 nitrogen and oxygen atoms in total. The second kappa shape index (κ2) is 8.12. The molecule has 1 aliphatic rings. The lowest BCUT2D eigenvalue weighted by molar-refractivity contribution is 0.339. The van der Waals surface area contributed by atoms with E-state index in [1.54, 1.807) is 30.5 Å². The van der Waals surface area contributed by atoms with Crippen molar-refractivity contribution in [1.29, 1.82) is 0 Å². The summed E-state index contributed by atoms with van der Waals surface area (Å²) >= 11 is 0. The van der Waals surface area contributed by atoms with E-state index in [1.807, 2.05) is 13.0 Å². The summed E-state index contributed by atoms with van der Waals surface area (Å²) in [6.45, 7) is 5.55.